The first-order valence-electron chi connectivity index (χ1n) is 7.33. The van der Waals surface area contributed by atoms with Gasteiger partial charge in [0.15, 0.2) is 0 Å². The molecule has 2 rings (SSSR count). The molecule has 0 spiro atoms. The number of rotatable bonds is 7. The fourth-order valence-corrected chi connectivity index (χ4v) is 10.7. The normalized spacial score (nSPS) is 18.3. The molecule has 0 aromatic carbocycles. The Bertz CT molecular complexity index is 426. The summed E-state index contributed by atoms with van der Waals surface area (Å²) in [5, 5.41) is 0. The van der Waals surface area contributed by atoms with Crippen LogP contribution in [0.25, 0.3) is 0 Å². The molecule has 0 N–H and O–H groups in total. The molecule has 2 aliphatic rings. The van der Waals surface area contributed by atoms with Gasteiger partial charge in [0.25, 0.3) is 0 Å². The molecule has 0 bridgehead atoms. The zero-order valence-corrected chi connectivity index (χ0v) is 15.2. The molecule has 102 valence electrons. The third-order valence-corrected chi connectivity index (χ3v) is 12.0. The van der Waals surface area contributed by atoms with Crippen molar-refractivity contribution in [3.05, 3.63) is 43.0 Å². The Hall–Kier alpha value is -0.630. The molecule has 0 heterocycles. The van der Waals surface area contributed by atoms with Gasteiger partial charge in [-0.05, 0) is 0 Å². The van der Waals surface area contributed by atoms with Crippen LogP contribution in [-0.4, -0.2) is 4.50 Å². The van der Waals surface area contributed by atoms with Crippen LogP contribution in [0.5, 0.6) is 0 Å². The fraction of sp³-hybridized carbons (Fsp3) is 0.471. The number of carbonyl (C=O) groups is 1. The Balaban J connectivity index is 2.28. The Kier molecular flexibility index (Phi) is 5.62. The maximum absolute atomic E-state index is 11.7. The van der Waals surface area contributed by atoms with Crippen molar-refractivity contribution in [2.24, 2.45) is 0 Å². The van der Waals surface area contributed by atoms with Gasteiger partial charge in [-0.1, -0.05) is 0 Å². The first-order valence-corrected chi connectivity index (χ1v) is 12.4. The van der Waals surface area contributed by atoms with Crippen molar-refractivity contribution in [1.29, 1.82) is 0 Å². The Morgan fingerprint density at radius 3 is 1.84 bits per heavy atom. The van der Waals surface area contributed by atoms with Gasteiger partial charge in [0.05, 0.1) is 0 Å². The predicted molar refractivity (Wildman–Crippen MR) is 78.1 cm³/mol. The summed E-state index contributed by atoms with van der Waals surface area (Å²) in [7, 11) is 0. The average Bonchev–Trinajstić information content (AvgIpc) is 3.03. The first kappa shape index (κ1) is 14.8. The van der Waals surface area contributed by atoms with E-state index in [9.17, 15) is 4.79 Å². The van der Waals surface area contributed by atoms with Crippen molar-refractivity contribution in [3.63, 3.8) is 0 Å². The van der Waals surface area contributed by atoms with Crippen LogP contribution in [0.3, 0.4) is 0 Å². The zero-order chi connectivity index (χ0) is 13.7. The number of carbonyl (C=O) groups excluding carboxylic acids is 1. The van der Waals surface area contributed by atoms with E-state index in [-0.39, 0.29) is 0 Å². The van der Waals surface area contributed by atoms with Gasteiger partial charge in [-0.15, -0.1) is 0 Å². The number of hydrogen-bond acceptors (Lipinski definition) is 1. The van der Waals surface area contributed by atoms with Gasteiger partial charge in [-0.25, -0.2) is 0 Å². The van der Waals surface area contributed by atoms with Crippen LogP contribution in [0.4, 0.5) is 0 Å². The second kappa shape index (κ2) is 7.23. The molecule has 2 heteroatoms. The molecule has 1 nitrogen and oxygen atoms in total. The summed E-state index contributed by atoms with van der Waals surface area (Å²) in [4.78, 5) is 11.7. The molecule has 0 aromatic heterocycles. The van der Waals surface area contributed by atoms with Gasteiger partial charge in [0.2, 0.25) is 0 Å². The van der Waals surface area contributed by atoms with Crippen molar-refractivity contribution in [3.8, 4) is 0 Å². The molecule has 0 aliphatic heterocycles. The van der Waals surface area contributed by atoms with Crippen molar-refractivity contribution >= 4 is 4.50 Å². The van der Waals surface area contributed by atoms with E-state index in [2.05, 4.69) is 38.2 Å². The zero-order valence-electron chi connectivity index (χ0n) is 12.0. The SMILES string of the molecule is CCCC1=[C]([Ta]([CH]=O)[C]2=C(CCC)C=CC2)CC=C1. The summed E-state index contributed by atoms with van der Waals surface area (Å²) in [6, 6.07) is 0. The van der Waals surface area contributed by atoms with Crippen LogP contribution in [0, 0.1) is 0 Å². The Morgan fingerprint density at radius 2 is 1.47 bits per heavy atom. The number of allylic oxidation sites excluding steroid dienone is 8. The molecular formula is C17H23OTa. The summed E-state index contributed by atoms with van der Waals surface area (Å²) >= 11 is -2.27. The van der Waals surface area contributed by atoms with Crippen molar-refractivity contribution in [2.45, 2.75) is 52.4 Å². The minimum atomic E-state index is -2.27. The second-order valence-electron chi connectivity index (χ2n) is 5.13. The van der Waals surface area contributed by atoms with Crippen molar-refractivity contribution < 1.29 is 23.2 Å². The standard InChI is InChI=1S/2C8H11.CHO.Ta/c2*1-2-5-8-6-3-4-7-8;1-2;/h2*3,6H,2,4-5H2,1H3;1H;. The molecule has 0 saturated heterocycles. The second-order valence-corrected chi connectivity index (χ2v) is 12.4. The molecule has 0 radical (unpaired) electrons. The van der Waals surface area contributed by atoms with Crippen LogP contribution in [-0.2, 0) is 23.2 Å². The number of hydrogen-bond donors (Lipinski definition) is 0. The fourth-order valence-electron chi connectivity index (χ4n) is 2.87. The summed E-state index contributed by atoms with van der Waals surface area (Å²) in [5.41, 5.74) is 2.98. The molecule has 2 aliphatic carbocycles. The maximum atomic E-state index is 11.7. The van der Waals surface area contributed by atoms with Gasteiger partial charge in [0, 0.05) is 0 Å². The van der Waals surface area contributed by atoms with Crippen molar-refractivity contribution in [2.75, 3.05) is 0 Å². The summed E-state index contributed by atoms with van der Waals surface area (Å²) in [5.74, 6) is 0. The van der Waals surface area contributed by atoms with Crippen molar-refractivity contribution in [1.82, 2.24) is 0 Å². The topological polar surface area (TPSA) is 17.1 Å². The van der Waals surface area contributed by atoms with Gasteiger partial charge < -0.3 is 0 Å². The van der Waals surface area contributed by atoms with Crippen LogP contribution in [0.2, 0.25) is 0 Å². The van der Waals surface area contributed by atoms with Crippen LogP contribution >= 0.6 is 0 Å². The van der Waals surface area contributed by atoms with Gasteiger partial charge in [-0.3, -0.25) is 0 Å². The van der Waals surface area contributed by atoms with Gasteiger partial charge >= 0.3 is 123 Å². The van der Waals surface area contributed by atoms with E-state index in [1.165, 1.54) is 28.5 Å². The van der Waals surface area contributed by atoms with E-state index in [0.717, 1.165) is 25.7 Å². The molecular weight excluding hydrogens is 401 g/mol. The average molecular weight is 424 g/mol. The quantitative estimate of drug-likeness (QED) is 0.536. The van der Waals surface area contributed by atoms with Gasteiger partial charge in [0.1, 0.15) is 0 Å². The van der Waals surface area contributed by atoms with Crippen LogP contribution in [0.15, 0.2) is 43.0 Å². The molecule has 0 aromatic rings. The summed E-state index contributed by atoms with van der Waals surface area (Å²) in [6.45, 7) is 4.45. The third-order valence-electron chi connectivity index (χ3n) is 3.73. The van der Waals surface area contributed by atoms with E-state index in [0.29, 0.717) is 0 Å². The Morgan fingerprint density at radius 1 is 1.00 bits per heavy atom. The van der Waals surface area contributed by atoms with Gasteiger partial charge in [-0.2, -0.15) is 0 Å². The molecule has 0 fully saturated rings. The van der Waals surface area contributed by atoms with E-state index in [4.69, 9.17) is 0 Å². The predicted octanol–water partition coefficient (Wildman–Crippen LogP) is 4.82. The third kappa shape index (κ3) is 3.28. The molecule has 0 amide bonds. The Labute approximate surface area is 123 Å². The monoisotopic (exact) mass is 424 g/mol. The molecule has 0 atom stereocenters. The summed E-state index contributed by atoms with van der Waals surface area (Å²) < 4.78 is 4.48. The minimum absolute atomic E-state index is 1.05. The van der Waals surface area contributed by atoms with E-state index >= 15 is 0 Å². The van der Waals surface area contributed by atoms with Crippen LogP contribution < -0.4 is 0 Å². The van der Waals surface area contributed by atoms with E-state index in [1.54, 1.807) is 7.58 Å². The van der Waals surface area contributed by atoms with Crippen LogP contribution in [0.1, 0.15) is 52.4 Å². The molecule has 19 heavy (non-hydrogen) atoms. The summed E-state index contributed by atoms with van der Waals surface area (Å²) in [6.07, 6.45) is 15.8. The molecule has 0 unspecified atom stereocenters. The van der Waals surface area contributed by atoms with E-state index in [1.807, 2.05) is 0 Å². The molecule has 0 saturated carbocycles. The van der Waals surface area contributed by atoms with E-state index < -0.39 is 18.4 Å². The first-order chi connectivity index (χ1) is 9.31.